The molecule has 2 N–H and O–H groups in total. The minimum Gasteiger partial charge on any atom is -0.354 e. The molecule has 0 radical (unpaired) electrons. The number of halogens is 2. The molecular formula is C17H16ClFN2O2. The number of rotatable bonds is 6. The summed E-state index contributed by atoms with van der Waals surface area (Å²) in [6, 6.07) is 12.8. The molecule has 0 atom stereocenters. The molecular weight excluding hydrogens is 319 g/mol. The van der Waals surface area contributed by atoms with Gasteiger partial charge in [-0.2, -0.15) is 0 Å². The molecule has 0 saturated carbocycles. The van der Waals surface area contributed by atoms with Gasteiger partial charge in [0.05, 0.1) is 6.54 Å². The molecule has 120 valence electrons. The highest BCUT2D eigenvalue weighted by Crippen LogP contribution is 2.09. The van der Waals surface area contributed by atoms with E-state index in [4.69, 9.17) is 11.6 Å². The monoisotopic (exact) mass is 334 g/mol. The van der Waals surface area contributed by atoms with Crippen molar-refractivity contribution in [3.63, 3.8) is 0 Å². The van der Waals surface area contributed by atoms with Gasteiger partial charge in [0.25, 0.3) is 5.91 Å². The number of hydrogen-bond acceptors (Lipinski definition) is 2. The first-order valence-corrected chi connectivity index (χ1v) is 7.48. The second-order valence-corrected chi connectivity index (χ2v) is 5.32. The third kappa shape index (κ3) is 5.38. The molecule has 6 heteroatoms. The van der Waals surface area contributed by atoms with E-state index in [1.54, 1.807) is 42.5 Å². The number of carbonyl (C=O) groups is 2. The molecule has 0 spiro atoms. The van der Waals surface area contributed by atoms with E-state index in [2.05, 4.69) is 10.6 Å². The van der Waals surface area contributed by atoms with E-state index in [9.17, 15) is 14.0 Å². The summed E-state index contributed by atoms with van der Waals surface area (Å²) in [5.74, 6) is -0.979. The number of carbonyl (C=O) groups excluding carboxylic acids is 2. The lowest BCUT2D eigenvalue weighted by molar-refractivity contribution is -0.120. The fourth-order valence-electron chi connectivity index (χ4n) is 1.96. The Morgan fingerprint density at radius 1 is 1.00 bits per heavy atom. The zero-order chi connectivity index (χ0) is 16.7. The van der Waals surface area contributed by atoms with E-state index in [0.29, 0.717) is 29.1 Å². The zero-order valence-corrected chi connectivity index (χ0v) is 13.1. The van der Waals surface area contributed by atoms with Crippen LogP contribution in [0.5, 0.6) is 0 Å². The van der Waals surface area contributed by atoms with Crippen molar-refractivity contribution in [1.29, 1.82) is 0 Å². The van der Waals surface area contributed by atoms with E-state index < -0.39 is 0 Å². The summed E-state index contributed by atoms with van der Waals surface area (Å²) in [5, 5.41) is 5.68. The van der Waals surface area contributed by atoms with Gasteiger partial charge in [-0.05, 0) is 42.3 Å². The van der Waals surface area contributed by atoms with Crippen molar-refractivity contribution >= 4 is 23.4 Å². The average molecular weight is 335 g/mol. The van der Waals surface area contributed by atoms with Crippen LogP contribution in [0.3, 0.4) is 0 Å². The standard InChI is InChI=1S/C17H16ClFN2O2/c18-14-7-5-13(6-8-14)17(23)21-11-16(22)20-10-9-12-3-1-2-4-15(12)19/h1-8H,9-11H2,(H,20,22)(H,21,23). The minimum absolute atomic E-state index is 0.140. The van der Waals surface area contributed by atoms with Crippen LogP contribution < -0.4 is 10.6 Å². The van der Waals surface area contributed by atoms with Gasteiger partial charge in [-0.25, -0.2) is 4.39 Å². The van der Waals surface area contributed by atoms with Gasteiger partial charge >= 0.3 is 0 Å². The molecule has 0 aliphatic rings. The molecule has 2 aromatic carbocycles. The molecule has 4 nitrogen and oxygen atoms in total. The summed E-state index contributed by atoms with van der Waals surface area (Å²) in [4.78, 5) is 23.5. The average Bonchev–Trinajstić information content (AvgIpc) is 2.55. The molecule has 2 aromatic rings. The van der Waals surface area contributed by atoms with E-state index in [0.717, 1.165) is 0 Å². The van der Waals surface area contributed by atoms with Gasteiger partial charge in [0.15, 0.2) is 0 Å². The third-order valence-corrected chi connectivity index (χ3v) is 3.44. The molecule has 0 heterocycles. The lowest BCUT2D eigenvalue weighted by Gasteiger charge is -2.07. The molecule has 2 amide bonds. The van der Waals surface area contributed by atoms with Crippen LogP contribution in [-0.4, -0.2) is 24.9 Å². The van der Waals surface area contributed by atoms with Gasteiger partial charge in [0.2, 0.25) is 5.91 Å². The number of benzene rings is 2. The predicted octanol–water partition coefficient (Wildman–Crippen LogP) is 2.57. The first-order valence-electron chi connectivity index (χ1n) is 7.10. The maximum atomic E-state index is 13.4. The van der Waals surface area contributed by atoms with Gasteiger partial charge in [-0.3, -0.25) is 9.59 Å². The molecule has 0 fully saturated rings. The first kappa shape index (κ1) is 17.0. The molecule has 23 heavy (non-hydrogen) atoms. The Kier molecular flexibility index (Phi) is 6.11. The molecule has 0 aromatic heterocycles. The Labute approximate surface area is 138 Å². The second-order valence-electron chi connectivity index (χ2n) is 4.88. The van der Waals surface area contributed by atoms with Crippen LogP contribution in [0.15, 0.2) is 48.5 Å². The summed E-state index contributed by atoms with van der Waals surface area (Å²) in [6.45, 7) is 0.162. The summed E-state index contributed by atoms with van der Waals surface area (Å²) >= 11 is 5.74. The first-order chi connectivity index (χ1) is 11.1. The lowest BCUT2D eigenvalue weighted by Crippen LogP contribution is -2.37. The lowest BCUT2D eigenvalue weighted by atomic mass is 10.1. The van der Waals surface area contributed by atoms with Gasteiger partial charge < -0.3 is 10.6 Å². The summed E-state index contributed by atoms with van der Waals surface area (Å²) in [6.07, 6.45) is 0.392. The molecule has 0 unspecified atom stereocenters. The largest absolute Gasteiger partial charge is 0.354 e. The maximum absolute atomic E-state index is 13.4. The fraction of sp³-hybridized carbons (Fsp3) is 0.176. The van der Waals surface area contributed by atoms with Crippen LogP contribution in [0, 0.1) is 5.82 Å². The van der Waals surface area contributed by atoms with Crippen molar-refractivity contribution in [3.05, 3.63) is 70.5 Å². The van der Waals surface area contributed by atoms with Gasteiger partial charge in [0, 0.05) is 17.1 Å². The maximum Gasteiger partial charge on any atom is 0.251 e. The van der Waals surface area contributed by atoms with Crippen LogP contribution in [0.1, 0.15) is 15.9 Å². The van der Waals surface area contributed by atoms with Crippen LogP contribution in [0.25, 0.3) is 0 Å². The fourth-order valence-corrected chi connectivity index (χ4v) is 2.09. The van der Waals surface area contributed by atoms with Crippen molar-refractivity contribution in [1.82, 2.24) is 10.6 Å². The molecule has 0 aliphatic carbocycles. The number of nitrogens with one attached hydrogen (secondary N) is 2. The van der Waals surface area contributed by atoms with Crippen molar-refractivity contribution in [3.8, 4) is 0 Å². The third-order valence-electron chi connectivity index (χ3n) is 3.19. The van der Waals surface area contributed by atoms with Crippen LogP contribution in [0.4, 0.5) is 4.39 Å². The van der Waals surface area contributed by atoms with E-state index in [1.807, 2.05) is 0 Å². The van der Waals surface area contributed by atoms with Gasteiger partial charge in [-0.15, -0.1) is 0 Å². The highest BCUT2D eigenvalue weighted by atomic mass is 35.5. The Hall–Kier alpha value is -2.40. The molecule has 2 rings (SSSR count). The Morgan fingerprint density at radius 2 is 1.70 bits per heavy atom. The quantitative estimate of drug-likeness (QED) is 0.853. The predicted molar refractivity (Wildman–Crippen MR) is 86.9 cm³/mol. The van der Waals surface area contributed by atoms with Gasteiger partial charge in [-0.1, -0.05) is 29.8 Å². The molecule has 0 saturated heterocycles. The van der Waals surface area contributed by atoms with E-state index in [-0.39, 0.29) is 24.2 Å². The van der Waals surface area contributed by atoms with Crippen molar-refractivity contribution in [2.75, 3.05) is 13.1 Å². The van der Waals surface area contributed by atoms with Crippen molar-refractivity contribution < 1.29 is 14.0 Å². The highest BCUT2D eigenvalue weighted by Gasteiger charge is 2.08. The summed E-state index contributed by atoms with van der Waals surface area (Å²) in [7, 11) is 0. The van der Waals surface area contributed by atoms with Crippen LogP contribution in [0.2, 0.25) is 5.02 Å². The SMILES string of the molecule is O=C(CNC(=O)c1ccc(Cl)cc1)NCCc1ccccc1F. The Bertz CT molecular complexity index is 689. The van der Waals surface area contributed by atoms with Gasteiger partial charge in [0.1, 0.15) is 5.82 Å². The smallest absolute Gasteiger partial charge is 0.251 e. The summed E-state index contributed by atoms with van der Waals surface area (Å²) in [5.41, 5.74) is 0.964. The highest BCUT2D eigenvalue weighted by molar-refractivity contribution is 6.30. The van der Waals surface area contributed by atoms with Crippen molar-refractivity contribution in [2.24, 2.45) is 0 Å². The number of hydrogen-bond donors (Lipinski definition) is 2. The Morgan fingerprint density at radius 3 is 2.39 bits per heavy atom. The van der Waals surface area contributed by atoms with Crippen LogP contribution >= 0.6 is 11.6 Å². The molecule has 0 bridgehead atoms. The topological polar surface area (TPSA) is 58.2 Å². The zero-order valence-electron chi connectivity index (χ0n) is 12.3. The van der Waals surface area contributed by atoms with Crippen molar-refractivity contribution in [2.45, 2.75) is 6.42 Å². The normalized spacial score (nSPS) is 10.2. The minimum atomic E-state index is -0.356. The molecule has 0 aliphatic heterocycles. The van der Waals surface area contributed by atoms with E-state index >= 15 is 0 Å². The summed E-state index contributed by atoms with van der Waals surface area (Å²) < 4.78 is 13.4. The second kappa shape index (κ2) is 8.29. The Balaban J connectivity index is 1.72. The van der Waals surface area contributed by atoms with E-state index in [1.165, 1.54) is 6.07 Å². The number of amides is 2. The van der Waals surface area contributed by atoms with Crippen LogP contribution in [-0.2, 0) is 11.2 Å².